The molecule has 2 rings (SSSR count). The molecule has 4 nitrogen and oxygen atoms in total. The van der Waals surface area contributed by atoms with Crippen molar-refractivity contribution < 1.29 is 9.53 Å². The molecule has 1 aliphatic heterocycles. The second-order valence-corrected chi connectivity index (χ2v) is 6.37. The number of amides is 1. The number of nitrogens with one attached hydrogen (secondary N) is 2. The Hall–Kier alpha value is -1.04. The minimum Gasteiger partial charge on any atom is -0.384 e. The van der Waals surface area contributed by atoms with Crippen LogP contribution < -0.4 is 10.6 Å². The fourth-order valence-electron chi connectivity index (χ4n) is 2.73. The molecule has 1 heterocycles. The van der Waals surface area contributed by atoms with Crippen LogP contribution in [0.15, 0.2) is 29.2 Å². The van der Waals surface area contributed by atoms with Gasteiger partial charge in [0, 0.05) is 18.6 Å². The highest BCUT2D eigenvalue weighted by Crippen LogP contribution is 2.29. The molecule has 0 saturated carbocycles. The lowest BCUT2D eigenvalue weighted by Crippen LogP contribution is -2.49. The predicted molar refractivity (Wildman–Crippen MR) is 86.5 cm³/mol. The van der Waals surface area contributed by atoms with E-state index in [1.807, 2.05) is 0 Å². The Balaban J connectivity index is 1.94. The van der Waals surface area contributed by atoms with Crippen LogP contribution in [0.2, 0.25) is 0 Å². The summed E-state index contributed by atoms with van der Waals surface area (Å²) in [5.41, 5.74) is 0.752. The number of hydrogen-bond donors (Lipinski definition) is 2. The van der Waals surface area contributed by atoms with Crippen molar-refractivity contribution in [2.45, 2.75) is 24.3 Å². The normalized spacial score (nSPS) is 17.4. The van der Waals surface area contributed by atoms with Gasteiger partial charge in [-0.2, -0.15) is 0 Å². The highest BCUT2D eigenvalue weighted by molar-refractivity contribution is 7.98. The van der Waals surface area contributed by atoms with Gasteiger partial charge < -0.3 is 15.4 Å². The number of rotatable bonds is 6. The van der Waals surface area contributed by atoms with Gasteiger partial charge in [0.2, 0.25) is 5.91 Å². The van der Waals surface area contributed by atoms with Gasteiger partial charge in [0.25, 0.3) is 0 Å². The summed E-state index contributed by atoms with van der Waals surface area (Å²) in [5.74, 6) is 0.111. The summed E-state index contributed by atoms with van der Waals surface area (Å²) < 4.78 is 5.30. The molecule has 0 atom stereocenters. The van der Waals surface area contributed by atoms with Gasteiger partial charge in [-0.1, -0.05) is 12.1 Å². The lowest BCUT2D eigenvalue weighted by Gasteiger charge is -2.35. The lowest BCUT2D eigenvalue weighted by molar-refractivity contribution is -0.136. The second-order valence-electron chi connectivity index (χ2n) is 5.49. The van der Waals surface area contributed by atoms with Gasteiger partial charge in [0.15, 0.2) is 0 Å². The molecular weight excluding hydrogens is 284 g/mol. The van der Waals surface area contributed by atoms with E-state index in [-0.39, 0.29) is 11.3 Å². The van der Waals surface area contributed by atoms with Gasteiger partial charge in [0.05, 0.1) is 12.0 Å². The van der Waals surface area contributed by atoms with Crippen molar-refractivity contribution in [3.63, 3.8) is 0 Å². The van der Waals surface area contributed by atoms with Crippen molar-refractivity contribution in [1.29, 1.82) is 0 Å². The Kier molecular flexibility index (Phi) is 6.08. The third-order valence-electron chi connectivity index (χ3n) is 4.08. The van der Waals surface area contributed by atoms with E-state index in [4.69, 9.17) is 4.74 Å². The molecule has 0 aromatic heterocycles. The van der Waals surface area contributed by atoms with Gasteiger partial charge in [-0.05, 0) is 49.9 Å². The average molecular weight is 308 g/mol. The zero-order chi connectivity index (χ0) is 15.1. The van der Waals surface area contributed by atoms with E-state index in [2.05, 4.69) is 41.2 Å². The quantitative estimate of drug-likeness (QED) is 0.790. The molecule has 1 aromatic rings. The molecule has 1 fully saturated rings. The first-order chi connectivity index (χ1) is 10.2. The summed E-state index contributed by atoms with van der Waals surface area (Å²) in [5, 5.41) is 6.38. The molecule has 1 aromatic carbocycles. The smallest absolute Gasteiger partial charge is 0.228 e. The summed E-state index contributed by atoms with van der Waals surface area (Å²) in [6, 6.07) is 8.30. The van der Waals surface area contributed by atoms with Gasteiger partial charge in [0.1, 0.15) is 0 Å². The molecule has 0 bridgehead atoms. The highest BCUT2D eigenvalue weighted by Gasteiger charge is 2.39. The first-order valence-corrected chi connectivity index (χ1v) is 8.53. The Morgan fingerprint density at radius 2 is 2.00 bits per heavy atom. The Labute approximate surface area is 131 Å². The molecule has 116 valence electrons. The minimum atomic E-state index is -0.376. The molecule has 1 amide bonds. The summed E-state index contributed by atoms with van der Waals surface area (Å²) in [7, 11) is 1.66. The molecule has 0 unspecified atom stereocenters. The van der Waals surface area contributed by atoms with Crippen molar-refractivity contribution in [2.75, 3.05) is 33.1 Å². The van der Waals surface area contributed by atoms with E-state index < -0.39 is 0 Å². The third kappa shape index (κ3) is 4.22. The van der Waals surface area contributed by atoms with Crippen molar-refractivity contribution in [3.8, 4) is 0 Å². The van der Waals surface area contributed by atoms with Crippen LogP contribution in [0, 0.1) is 5.41 Å². The molecule has 0 radical (unpaired) electrons. The van der Waals surface area contributed by atoms with Gasteiger partial charge in [-0.3, -0.25) is 4.79 Å². The summed E-state index contributed by atoms with van der Waals surface area (Å²) >= 11 is 1.72. The summed E-state index contributed by atoms with van der Waals surface area (Å²) in [6.07, 6.45) is 3.72. The number of methoxy groups -OCH3 is 1. The van der Waals surface area contributed by atoms with Crippen molar-refractivity contribution in [1.82, 2.24) is 10.6 Å². The highest BCUT2D eigenvalue weighted by atomic mass is 32.2. The SMILES string of the molecule is COCC1(C(=O)NCc2ccc(SC)cc2)CCNCC1. The standard InChI is InChI=1S/C16H24N2O2S/c1-20-12-16(7-9-17-10-8-16)15(19)18-11-13-3-5-14(21-2)6-4-13/h3-6,17H,7-12H2,1-2H3,(H,18,19). The number of benzene rings is 1. The number of hydrogen-bond acceptors (Lipinski definition) is 4. The van der Waals surface area contributed by atoms with Crippen LogP contribution in [0.3, 0.4) is 0 Å². The maximum Gasteiger partial charge on any atom is 0.228 e. The van der Waals surface area contributed by atoms with Crippen LogP contribution in [0.4, 0.5) is 0 Å². The number of carbonyl (C=O) groups excluding carboxylic acids is 1. The molecular formula is C16H24N2O2S. The van der Waals surface area contributed by atoms with E-state index in [0.717, 1.165) is 31.5 Å². The summed E-state index contributed by atoms with van der Waals surface area (Å²) in [6.45, 7) is 2.82. The van der Waals surface area contributed by atoms with Crippen LogP contribution in [-0.2, 0) is 16.1 Å². The molecule has 21 heavy (non-hydrogen) atoms. The number of piperidine rings is 1. The maximum atomic E-state index is 12.6. The van der Waals surface area contributed by atoms with E-state index in [0.29, 0.717) is 13.2 Å². The van der Waals surface area contributed by atoms with Gasteiger partial charge >= 0.3 is 0 Å². The largest absolute Gasteiger partial charge is 0.384 e. The van der Waals surface area contributed by atoms with Crippen molar-refractivity contribution >= 4 is 17.7 Å². The lowest BCUT2D eigenvalue weighted by atomic mass is 9.78. The fourth-order valence-corrected chi connectivity index (χ4v) is 3.14. The zero-order valence-corrected chi connectivity index (χ0v) is 13.6. The first kappa shape index (κ1) is 16.3. The first-order valence-electron chi connectivity index (χ1n) is 7.31. The second kappa shape index (κ2) is 7.82. The monoisotopic (exact) mass is 308 g/mol. The molecule has 5 heteroatoms. The molecule has 0 spiro atoms. The van der Waals surface area contributed by atoms with E-state index in [1.54, 1.807) is 18.9 Å². The predicted octanol–water partition coefficient (Wildman–Crippen LogP) is 2.04. The number of ether oxygens (including phenoxy) is 1. The van der Waals surface area contributed by atoms with Crippen molar-refractivity contribution in [3.05, 3.63) is 29.8 Å². The number of thioether (sulfide) groups is 1. The van der Waals surface area contributed by atoms with Gasteiger partial charge in [-0.15, -0.1) is 11.8 Å². The molecule has 1 saturated heterocycles. The van der Waals surface area contributed by atoms with E-state index in [9.17, 15) is 4.79 Å². The topological polar surface area (TPSA) is 50.4 Å². The van der Waals surface area contributed by atoms with Crippen molar-refractivity contribution in [2.24, 2.45) is 5.41 Å². The maximum absolute atomic E-state index is 12.6. The average Bonchev–Trinajstić information content (AvgIpc) is 2.54. The Morgan fingerprint density at radius 1 is 1.33 bits per heavy atom. The van der Waals surface area contributed by atoms with Crippen LogP contribution in [-0.4, -0.2) is 39.0 Å². The van der Waals surface area contributed by atoms with Crippen LogP contribution in [0.1, 0.15) is 18.4 Å². The summed E-state index contributed by atoms with van der Waals surface area (Å²) in [4.78, 5) is 13.8. The van der Waals surface area contributed by atoms with Crippen LogP contribution in [0.25, 0.3) is 0 Å². The number of carbonyl (C=O) groups is 1. The van der Waals surface area contributed by atoms with E-state index in [1.165, 1.54) is 4.90 Å². The molecule has 2 N–H and O–H groups in total. The van der Waals surface area contributed by atoms with Gasteiger partial charge in [-0.25, -0.2) is 0 Å². The Morgan fingerprint density at radius 3 is 2.57 bits per heavy atom. The third-order valence-corrected chi connectivity index (χ3v) is 4.82. The fraction of sp³-hybridized carbons (Fsp3) is 0.562. The molecule has 1 aliphatic rings. The molecule has 0 aliphatic carbocycles. The van der Waals surface area contributed by atoms with E-state index >= 15 is 0 Å². The van der Waals surface area contributed by atoms with Crippen LogP contribution in [0.5, 0.6) is 0 Å². The zero-order valence-electron chi connectivity index (χ0n) is 12.8. The van der Waals surface area contributed by atoms with Crippen LogP contribution >= 0.6 is 11.8 Å². The minimum absolute atomic E-state index is 0.111. The Bertz CT molecular complexity index is 450.